The summed E-state index contributed by atoms with van der Waals surface area (Å²) in [5.41, 5.74) is 0.795. The lowest BCUT2D eigenvalue weighted by Gasteiger charge is -2.34. The Morgan fingerprint density at radius 2 is 1.69 bits per heavy atom. The molecule has 1 N–H and O–H groups in total. The van der Waals surface area contributed by atoms with E-state index in [9.17, 15) is 13.2 Å². The summed E-state index contributed by atoms with van der Waals surface area (Å²) < 4.78 is 39.3. The average Bonchev–Trinajstić information content (AvgIpc) is 3.14. The molecule has 1 saturated heterocycles. The molecule has 0 radical (unpaired) electrons. The number of aromatic nitrogens is 1. The van der Waals surface area contributed by atoms with Gasteiger partial charge in [-0.3, -0.25) is 4.79 Å². The molecule has 0 spiro atoms. The van der Waals surface area contributed by atoms with Crippen LogP contribution in [0.3, 0.4) is 0 Å². The van der Waals surface area contributed by atoms with E-state index in [2.05, 4.69) is 15.2 Å². The number of hydrogen-bond acceptors (Lipinski definition) is 7. The Hall–Kier alpha value is -3.63. The molecule has 2 aliphatic rings. The number of piperazine rings is 1. The Bertz CT molecular complexity index is 1310. The third kappa shape index (κ3) is 5.08. The monoisotopic (exact) mass is 494 g/mol. The van der Waals surface area contributed by atoms with Gasteiger partial charge < -0.3 is 19.7 Å². The molecule has 10 heteroatoms. The molecular weight excluding hydrogens is 468 g/mol. The SMILES string of the molecule is O=C(Nc1ccc2c(c1)OCCCO2)c1cccc(S(=O)(=O)N2CCN(c3ccccn3)CC2)c1. The summed E-state index contributed by atoms with van der Waals surface area (Å²) in [6, 6.07) is 17.0. The molecule has 0 unspecified atom stereocenters. The number of anilines is 2. The topological polar surface area (TPSA) is 101 Å². The molecule has 0 saturated carbocycles. The zero-order valence-electron chi connectivity index (χ0n) is 19.1. The lowest BCUT2D eigenvalue weighted by atomic mass is 10.2. The lowest BCUT2D eigenvalue weighted by Crippen LogP contribution is -2.48. The second-order valence-corrected chi connectivity index (χ2v) is 10.2. The highest BCUT2D eigenvalue weighted by Gasteiger charge is 2.29. The maximum atomic E-state index is 13.3. The molecule has 5 rings (SSSR count). The molecule has 1 fully saturated rings. The van der Waals surface area contributed by atoms with Crippen LogP contribution in [-0.2, 0) is 10.0 Å². The zero-order chi connectivity index (χ0) is 24.3. The maximum absolute atomic E-state index is 13.3. The first-order chi connectivity index (χ1) is 17.0. The van der Waals surface area contributed by atoms with E-state index >= 15 is 0 Å². The smallest absolute Gasteiger partial charge is 0.255 e. The number of benzene rings is 2. The van der Waals surface area contributed by atoms with Crippen molar-refractivity contribution < 1.29 is 22.7 Å². The number of fused-ring (bicyclic) bond motifs is 1. The summed E-state index contributed by atoms with van der Waals surface area (Å²) in [4.78, 5) is 19.4. The molecule has 0 atom stereocenters. The summed E-state index contributed by atoms with van der Waals surface area (Å²) in [5, 5.41) is 2.81. The second-order valence-electron chi connectivity index (χ2n) is 8.27. The van der Waals surface area contributed by atoms with Crippen molar-refractivity contribution >= 4 is 27.4 Å². The van der Waals surface area contributed by atoms with Crippen LogP contribution in [0.2, 0.25) is 0 Å². The van der Waals surface area contributed by atoms with Gasteiger partial charge in [-0.1, -0.05) is 12.1 Å². The molecule has 3 aromatic rings. The van der Waals surface area contributed by atoms with E-state index in [1.807, 2.05) is 18.2 Å². The van der Waals surface area contributed by atoms with Crippen LogP contribution in [-0.4, -0.2) is 63.0 Å². The molecule has 9 nitrogen and oxygen atoms in total. The van der Waals surface area contributed by atoms with Gasteiger partial charge in [-0.15, -0.1) is 0 Å². The molecule has 3 heterocycles. The number of amides is 1. The number of sulfonamides is 1. The summed E-state index contributed by atoms with van der Waals surface area (Å²) in [6.45, 7) is 2.89. The van der Waals surface area contributed by atoms with Gasteiger partial charge >= 0.3 is 0 Å². The molecule has 0 bridgehead atoms. The van der Waals surface area contributed by atoms with Crippen LogP contribution in [0.4, 0.5) is 11.5 Å². The third-order valence-electron chi connectivity index (χ3n) is 5.95. The molecule has 2 aromatic carbocycles. The first-order valence-corrected chi connectivity index (χ1v) is 12.9. The summed E-state index contributed by atoms with van der Waals surface area (Å²) >= 11 is 0. The number of ether oxygens (including phenoxy) is 2. The number of nitrogens with zero attached hydrogens (tertiary/aromatic N) is 3. The molecule has 2 aliphatic heterocycles. The summed E-state index contributed by atoms with van der Waals surface area (Å²) in [5.74, 6) is 1.63. The minimum absolute atomic E-state index is 0.0927. The third-order valence-corrected chi connectivity index (χ3v) is 7.85. The highest BCUT2D eigenvalue weighted by atomic mass is 32.2. The minimum Gasteiger partial charge on any atom is -0.490 e. The van der Waals surface area contributed by atoms with Crippen molar-refractivity contribution in [3.63, 3.8) is 0 Å². The number of nitrogens with one attached hydrogen (secondary N) is 1. The number of rotatable bonds is 5. The van der Waals surface area contributed by atoms with Gasteiger partial charge in [0.1, 0.15) is 5.82 Å². The molecule has 0 aliphatic carbocycles. The van der Waals surface area contributed by atoms with E-state index in [1.54, 1.807) is 36.5 Å². The molecule has 1 aromatic heterocycles. The summed E-state index contributed by atoms with van der Waals surface area (Å²) in [7, 11) is -3.74. The average molecular weight is 495 g/mol. The maximum Gasteiger partial charge on any atom is 0.255 e. The van der Waals surface area contributed by atoms with Crippen LogP contribution < -0.4 is 19.7 Å². The Balaban J connectivity index is 1.28. The van der Waals surface area contributed by atoms with Gasteiger partial charge in [-0.25, -0.2) is 13.4 Å². The quantitative estimate of drug-likeness (QED) is 0.582. The van der Waals surface area contributed by atoms with E-state index in [0.29, 0.717) is 56.6 Å². The lowest BCUT2D eigenvalue weighted by molar-refractivity contribution is 0.102. The van der Waals surface area contributed by atoms with Crippen LogP contribution in [0, 0.1) is 0 Å². The number of pyridine rings is 1. The van der Waals surface area contributed by atoms with E-state index in [0.717, 1.165) is 12.2 Å². The van der Waals surface area contributed by atoms with Crippen LogP contribution >= 0.6 is 0 Å². The fraction of sp³-hybridized carbons (Fsp3) is 0.280. The van der Waals surface area contributed by atoms with Crippen molar-refractivity contribution in [2.45, 2.75) is 11.3 Å². The van der Waals surface area contributed by atoms with E-state index in [1.165, 1.54) is 16.4 Å². The number of hydrogen-bond donors (Lipinski definition) is 1. The largest absolute Gasteiger partial charge is 0.490 e. The Morgan fingerprint density at radius 1 is 0.886 bits per heavy atom. The molecule has 35 heavy (non-hydrogen) atoms. The van der Waals surface area contributed by atoms with Crippen molar-refractivity contribution in [1.82, 2.24) is 9.29 Å². The van der Waals surface area contributed by atoms with Crippen LogP contribution in [0.15, 0.2) is 71.8 Å². The molecule has 182 valence electrons. The first kappa shape index (κ1) is 23.1. The van der Waals surface area contributed by atoms with Crippen LogP contribution in [0.25, 0.3) is 0 Å². The van der Waals surface area contributed by atoms with Gasteiger partial charge in [0.2, 0.25) is 10.0 Å². The Kier molecular flexibility index (Phi) is 6.56. The minimum atomic E-state index is -3.74. The Labute approximate surface area is 204 Å². The second kappa shape index (κ2) is 9.93. The van der Waals surface area contributed by atoms with Crippen LogP contribution in [0.5, 0.6) is 11.5 Å². The van der Waals surface area contributed by atoms with Gasteiger partial charge in [-0.05, 0) is 42.5 Å². The van der Waals surface area contributed by atoms with E-state index < -0.39 is 15.9 Å². The fourth-order valence-electron chi connectivity index (χ4n) is 4.09. The van der Waals surface area contributed by atoms with Gasteiger partial charge in [0.05, 0.1) is 18.1 Å². The number of carbonyl (C=O) groups is 1. The van der Waals surface area contributed by atoms with Crippen molar-refractivity contribution in [1.29, 1.82) is 0 Å². The van der Waals surface area contributed by atoms with E-state index in [4.69, 9.17) is 9.47 Å². The fourth-order valence-corrected chi connectivity index (χ4v) is 5.56. The highest BCUT2D eigenvalue weighted by Crippen LogP contribution is 2.32. The normalized spacial score (nSPS) is 16.4. The first-order valence-electron chi connectivity index (χ1n) is 11.5. The van der Waals surface area contributed by atoms with Gasteiger partial charge in [-0.2, -0.15) is 4.31 Å². The zero-order valence-corrected chi connectivity index (χ0v) is 19.9. The standard InChI is InChI=1S/C25H26N4O5S/c30-25(27-20-8-9-22-23(18-20)34-16-4-15-33-22)19-5-3-6-21(17-19)35(31,32)29-13-11-28(12-14-29)24-7-1-2-10-26-24/h1-3,5-10,17-18H,4,11-16H2,(H,27,30). The van der Waals surface area contributed by atoms with Gasteiger partial charge in [0.15, 0.2) is 11.5 Å². The predicted molar refractivity (Wildman–Crippen MR) is 132 cm³/mol. The molecular formula is C25H26N4O5S. The van der Waals surface area contributed by atoms with Crippen molar-refractivity contribution in [3.05, 3.63) is 72.4 Å². The van der Waals surface area contributed by atoms with Crippen LogP contribution in [0.1, 0.15) is 16.8 Å². The van der Waals surface area contributed by atoms with Crippen molar-refractivity contribution in [2.24, 2.45) is 0 Å². The number of carbonyl (C=O) groups excluding carboxylic acids is 1. The van der Waals surface area contributed by atoms with E-state index in [-0.39, 0.29) is 10.5 Å². The van der Waals surface area contributed by atoms with Gasteiger partial charge in [0.25, 0.3) is 5.91 Å². The molecule has 1 amide bonds. The predicted octanol–water partition coefficient (Wildman–Crippen LogP) is 3.01. The highest BCUT2D eigenvalue weighted by molar-refractivity contribution is 7.89. The van der Waals surface area contributed by atoms with Crippen molar-refractivity contribution in [3.8, 4) is 11.5 Å². The van der Waals surface area contributed by atoms with Crippen molar-refractivity contribution in [2.75, 3.05) is 49.6 Å². The summed E-state index contributed by atoms with van der Waals surface area (Å²) in [6.07, 6.45) is 2.51. The van der Waals surface area contributed by atoms with Gasteiger partial charge in [0, 0.05) is 56.1 Å². The Morgan fingerprint density at radius 3 is 2.46 bits per heavy atom.